The SMILES string of the molecule is Cc1cc(C(C)(C)C)ccc1CC1(CO)CCC1. The number of aliphatic hydroxyl groups is 1. The van der Waals surface area contributed by atoms with Crippen LogP contribution in [-0.4, -0.2) is 11.7 Å². The van der Waals surface area contributed by atoms with Gasteiger partial charge in [-0.25, -0.2) is 0 Å². The molecule has 1 aromatic rings. The van der Waals surface area contributed by atoms with Crippen molar-refractivity contribution in [3.63, 3.8) is 0 Å². The maximum Gasteiger partial charge on any atom is 0.0490 e. The van der Waals surface area contributed by atoms with E-state index in [4.69, 9.17) is 0 Å². The van der Waals surface area contributed by atoms with Gasteiger partial charge in [-0.3, -0.25) is 0 Å². The predicted molar refractivity (Wildman–Crippen MR) is 77.0 cm³/mol. The van der Waals surface area contributed by atoms with Crippen LogP contribution in [-0.2, 0) is 11.8 Å². The molecule has 1 fully saturated rings. The maximum atomic E-state index is 9.57. The third-order valence-electron chi connectivity index (χ3n) is 4.52. The molecule has 100 valence electrons. The Morgan fingerprint density at radius 3 is 2.28 bits per heavy atom. The molecule has 1 aromatic carbocycles. The van der Waals surface area contributed by atoms with E-state index < -0.39 is 0 Å². The Morgan fingerprint density at radius 2 is 1.89 bits per heavy atom. The molecule has 18 heavy (non-hydrogen) atoms. The van der Waals surface area contributed by atoms with E-state index in [1.807, 2.05) is 0 Å². The van der Waals surface area contributed by atoms with Gasteiger partial charge in [-0.1, -0.05) is 45.4 Å². The average Bonchev–Trinajstić information content (AvgIpc) is 2.24. The lowest BCUT2D eigenvalue weighted by Crippen LogP contribution is -2.35. The molecule has 1 nitrogen and oxygen atoms in total. The monoisotopic (exact) mass is 246 g/mol. The summed E-state index contributed by atoms with van der Waals surface area (Å²) in [4.78, 5) is 0. The molecule has 1 aliphatic carbocycles. The topological polar surface area (TPSA) is 20.2 Å². The minimum absolute atomic E-state index is 0.189. The summed E-state index contributed by atoms with van der Waals surface area (Å²) in [6.45, 7) is 9.30. The zero-order chi connectivity index (χ0) is 13.4. The van der Waals surface area contributed by atoms with Crippen molar-refractivity contribution in [1.29, 1.82) is 0 Å². The summed E-state index contributed by atoms with van der Waals surface area (Å²) in [6.07, 6.45) is 4.69. The smallest absolute Gasteiger partial charge is 0.0490 e. The third-order valence-corrected chi connectivity index (χ3v) is 4.52. The first-order chi connectivity index (χ1) is 8.36. The molecule has 1 heteroatoms. The van der Waals surface area contributed by atoms with Gasteiger partial charge in [-0.2, -0.15) is 0 Å². The molecule has 0 amide bonds. The lowest BCUT2D eigenvalue weighted by atomic mass is 9.65. The van der Waals surface area contributed by atoms with Crippen LogP contribution in [0.4, 0.5) is 0 Å². The fourth-order valence-corrected chi connectivity index (χ4v) is 2.83. The average molecular weight is 246 g/mol. The molecule has 0 spiro atoms. The highest BCUT2D eigenvalue weighted by atomic mass is 16.3. The Kier molecular flexibility index (Phi) is 3.55. The normalized spacial score (nSPS) is 18.5. The second-order valence-corrected chi connectivity index (χ2v) is 7.08. The first kappa shape index (κ1) is 13.6. The standard InChI is InChI=1S/C17H26O/c1-13-10-15(16(2,3)4)7-6-14(13)11-17(12-18)8-5-9-17/h6-7,10,18H,5,8-9,11-12H2,1-4H3. The molecule has 2 rings (SSSR count). The number of benzene rings is 1. The first-order valence-corrected chi connectivity index (χ1v) is 7.07. The van der Waals surface area contributed by atoms with Crippen molar-refractivity contribution < 1.29 is 5.11 Å². The second kappa shape index (κ2) is 4.70. The van der Waals surface area contributed by atoms with Gasteiger partial charge in [0.15, 0.2) is 0 Å². The zero-order valence-corrected chi connectivity index (χ0v) is 12.2. The van der Waals surface area contributed by atoms with Gasteiger partial charge in [0.1, 0.15) is 0 Å². The number of aryl methyl sites for hydroxylation is 1. The largest absolute Gasteiger partial charge is 0.396 e. The summed E-state index contributed by atoms with van der Waals surface area (Å²) in [6, 6.07) is 6.84. The molecule has 0 saturated heterocycles. The van der Waals surface area contributed by atoms with Crippen LogP contribution in [0.2, 0.25) is 0 Å². The van der Waals surface area contributed by atoms with Crippen LogP contribution in [0.5, 0.6) is 0 Å². The summed E-state index contributed by atoms with van der Waals surface area (Å²) in [5.74, 6) is 0. The van der Waals surface area contributed by atoms with Crippen molar-refractivity contribution >= 4 is 0 Å². The van der Waals surface area contributed by atoms with E-state index in [1.54, 1.807) is 0 Å². The van der Waals surface area contributed by atoms with E-state index in [-0.39, 0.29) is 10.8 Å². The van der Waals surface area contributed by atoms with Crippen molar-refractivity contribution in [3.8, 4) is 0 Å². The molecule has 1 N–H and O–H groups in total. The summed E-state index contributed by atoms with van der Waals surface area (Å²) in [5.41, 5.74) is 4.59. The quantitative estimate of drug-likeness (QED) is 0.854. The molecule has 0 aromatic heterocycles. The summed E-state index contributed by atoms with van der Waals surface area (Å²) < 4.78 is 0. The van der Waals surface area contributed by atoms with E-state index >= 15 is 0 Å². The Morgan fingerprint density at radius 1 is 1.22 bits per heavy atom. The molecular weight excluding hydrogens is 220 g/mol. The van der Waals surface area contributed by atoms with Crippen LogP contribution in [0.25, 0.3) is 0 Å². The molecule has 0 radical (unpaired) electrons. The Balaban J connectivity index is 2.20. The highest BCUT2D eigenvalue weighted by Crippen LogP contribution is 2.43. The maximum absolute atomic E-state index is 9.57. The lowest BCUT2D eigenvalue weighted by Gasteiger charge is -2.41. The second-order valence-electron chi connectivity index (χ2n) is 7.08. The molecular formula is C17H26O. The molecule has 0 aliphatic heterocycles. The van der Waals surface area contributed by atoms with Gasteiger partial charge in [0.25, 0.3) is 0 Å². The van der Waals surface area contributed by atoms with Crippen molar-refractivity contribution in [3.05, 3.63) is 34.9 Å². The number of hydrogen-bond acceptors (Lipinski definition) is 1. The van der Waals surface area contributed by atoms with Crippen LogP contribution in [0.1, 0.15) is 56.7 Å². The molecule has 0 atom stereocenters. The lowest BCUT2D eigenvalue weighted by molar-refractivity contribution is 0.0449. The van der Waals surface area contributed by atoms with Gasteiger partial charge in [0.05, 0.1) is 0 Å². The Bertz CT molecular complexity index is 416. The Hall–Kier alpha value is -0.820. The number of hydrogen-bond donors (Lipinski definition) is 1. The van der Waals surface area contributed by atoms with Crippen LogP contribution < -0.4 is 0 Å². The van der Waals surface area contributed by atoms with Crippen LogP contribution in [0.3, 0.4) is 0 Å². The fourth-order valence-electron chi connectivity index (χ4n) is 2.83. The number of aliphatic hydroxyl groups excluding tert-OH is 1. The molecule has 1 saturated carbocycles. The third kappa shape index (κ3) is 2.61. The zero-order valence-electron chi connectivity index (χ0n) is 12.2. The van der Waals surface area contributed by atoms with Gasteiger partial charge in [-0.05, 0) is 53.7 Å². The minimum Gasteiger partial charge on any atom is -0.396 e. The van der Waals surface area contributed by atoms with Gasteiger partial charge < -0.3 is 5.11 Å². The van der Waals surface area contributed by atoms with E-state index in [0.29, 0.717) is 6.61 Å². The van der Waals surface area contributed by atoms with Crippen molar-refractivity contribution in [1.82, 2.24) is 0 Å². The summed E-state index contributed by atoms with van der Waals surface area (Å²) in [5, 5.41) is 9.57. The van der Waals surface area contributed by atoms with Crippen molar-refractivity contribution in [2.24, 2.45) is 5.41 Å². The molecule has 0 bridgehead atoms. The Labute approximate surface area is 111 Å². The minimum atomic E-state index is 0.189. The number of rotatable bonds is 3. The van der Waals surface area contributed by atoms with Crippen molar-refractivity contribution in [2.75, 3.05) is 6.61 Å². The summed E-state index contributed by atoms with van der Waals surface area (Å²) >= 11 is 0. The van der Waals surface area contributed by atoms with Crippen molar-refractivity contribution in [2.45, 2.75) is 58.8 Å². The fraction of sp³-hybridized carbons (Fsp3) is 0.647. The van der Waals surface area contributed by atoms with Gasteiger partial charge in [0.2, 0.25) is 0 Å². The predicted octanol–water partition coefficient (Wildman–Crippen LogP) is 4.00. The van der Waals surface area contributed by atoms with Crippen LogP contribution in [0.15, 0.2) is 18.2 Å². The van der Waals surface area contributed by atoms with Gasteiger partial charge >= 0.3 is 0 Å². The highest BCUT2D eigenvalue weighted by molar-refractivity contribution is 5.35. The highest BCUT2D eigenvalue weighted by Gasteiger charge is 2.36. The van der Waals surface area contributed by atoms with Crippen LogP contribution >= 0.6 is 0 Å². The molecule has 0 heterocycles. The van der Waals surface area contributed by atoms with Gasteiger partial charge in [-0.15, -0.1) is 0 Å². The van der Waals surface area contributed by atoms with E-state index in [9.17, 15) is 5.11 Å². The van der Waals surface area contributed by atoms with E-state index in [1.165, 1.54) is 36.0 Å². The van der Waals surface area contributed by atoms with E-state index in [0.717, 1.165) is 6.42 Å². The van der Waals surface area contributed by atoms with Gasteiger partial charge in [0, 0.05) is 6.61 Å². The molecule has 1 aliphatic rings. The molecule has 0 unspecified atom stereocenters. The summed E-state index contributed by atoms with van der Waals surface area (Å²) in [7, 11) is 0. The van der Waals surface area contributed by atoms with E-state index in [2.05, 4.69) is 45.9 Å². The first-order valence-electron chi connectivity index (χ1n) is 7.07. The van der Waals surface area contributed by atoms with Crippen LogP contribution in [0, 0.1) is 12.3 Å².